The molecule has 0 bridgehead atoms. The number of halogens is 1. The lowest BCUT2D eigenvalue weighted by Crippen LogP contribution is -2.12. The molecule has 2 N–H and O–H groups in total. The second-order valence-corrected chi connectivity index (χ2v) is 19.4. The molecular weight excluding hydrogens is 928 g/mol. The standard InChI is InChI=1S/C27H21IN2O5S2.C19H14N2OS/c1-18-6-10-23(11-7-18)36(31,32)30-17-26(28)25-15-21(16-29-27(25)30)20-4-3-5-22(14-20)35-37(33,34)24-12-8-19(2)9-13-24;22-15-6-4-5-13(9-15)14-10-17-18(12-21-19(17)20-11-14)23-16-7-2-1-3-8-16/h3-17H,1-2H3;1-12,22H,(H,20,21). The average Bonchev–Trinajstić information content (AvgIpc) is 3.81. The fraction of sp³-hybridized carbons (Fsp3) is 0.0435. The van der Waals surface area contributed by atoms with Crippen molar-refractivity contribution < 1.29 is 26.1 Å². The summed E-state index contributed by atoms with van der Waals surface area (Å²) in [5, 5.41) is 11.4. The summed E-state index contributed by atoms with van der Waals surface area (Å²) in [5.74, 6) is 0.419. The van der Waals surface area contributed by atoms with Crippen LogP contribution in [0.5, 0.6) is 11.5 Å². The fourth-order valence-electron chi connectivity index (χ4n) is 6.34. The highest BCUT2D eigenvalue weighted by Crippen LogP contribution is 2.36. The van der Waals surface area contributed by atoms with Crippen molar-refractivity contribution in [2.24, 2.45) is 0 Å². The first kappa shape index (κ1) is 40.8. The van der Waals surface area contributed by atoms with Crippen LogP contribution < -0.4 is 4.18 Å². The summed E-state index contributed by atoms with van der Waals surface area (Å²) < 4.78 is 59.3. The molecule has 0 saturated carbocycles. The van der Waals surface area contributed by atoms with E-state index in [2.05, 4.69) is 55.7 Å². The van der Waals surface area contributed by atoms with E-state index < -0.39 is 20.1 Å². The minimum atomic E-state index is -4.00. The minimum Gasteiger partial charge on any atom is -0.508 e. The molecule has 0 aliphatic carbocycles. The van der Waals surface area contributed by atoms with Crippen molar-refractivity contribution >= 4 is 76.6 Å². The molecule has 0 unspecified atom stereocenters. The van der Waals surface area contributed by atoms with Crippen LogP contribution in [0.2, 0.25) is 0 Å². The van der Waals surface area contributed by atoms with Gasteiger partial charge >= 0.3 is 10.1 Å². The molecule has 0 fully saturated rings. The number of aromatic amines is 1. The third-order valence-electron chi connectivity index (χ3n) is 9.47. The highest BCUT2D eigenvalue weighted by molar-refractivity contribution is 14.1. The van der Waals surface area contributed by atoms with Gasteiger partial charge in [0.05, 0.1) is 4.90 Å². The molecule has 60 heavy (non-hydrogen) atoms. The van der Waals surface area contributed by atoms with Gasteiger partial charge in [0.15, 0.2) is 5.65 Å². The molecule has 14 heteroatoms. The van der Waals surface area contributed by atoms with Gasteiger partial charge in [0.25, 0.3) is 10.0 Å². The molecule has 4 aromatic heterocycles. The highest BCUT2D eigenvalue weighted by Gasteiger charge is 2.23. The van der Waals surface area contributed by atoms with E-state index >= 15 is 0 Å². The molecule has 5 aromatic carbocycles. The number of phenols is 1. The summed E-state index contributed by atoms with van der Waals surface area (Å²) in [5.41, 5.74) is 6.39. The van der Waals surface area contributed by atoms with Crippen molar-refractivity contribution in [1.82, 2.24) is 18.9 Å². The molecule has 0 amide bonds. The first-order valence-electron chi connectivity index (χ1n) is 18.4. The Bertz CT molecular complexity index is 3230. The zero-order valence-electron chi connectivity index (χ0n) is 32.0. The van der Waals surface area contributed by atoms with E-state index in [1.54, 1.807) is 97.0 Å². The Hall–Kier alpha value is -5.94. The van der Waals surface area contributed by atoms with Crippen LogP contribution >= 0.6 is 34.4 Å². The van der Waals surface area contributed by atoms with Crippen LogP contribution in [0.1, 0.15) is 11.1 Å². The van der Waals surface area contributed by atoms with E-state index in [1.807, 2.05) is 62.6 Å². The smallest absolute Gasteiger partial charge is 0.339 e. The maximum Gasteiger partial charge on any atom is 0.339 e. The Morgan fingerprint density at radius 1 is 0.667 bits per heavy atom. The number of rotatable bonds is 9. The van der Waals surface area contributed by atoms with E-state index in [-0.39, 0.29) is 21.3 Å². The monoisotopic (exact) mass is 962 g/mol. The Labute approximate surface area is 365 Å². The second kappa shape index (κ2) is 17.0. The predicted octanol–water partition coefficient (Wildman–Crippen LogP) is 11.0. The number of aromatic hydroxyl groups is 1. The third-order valence-corrected chi connectivity index (χ3v) is 14.3. The lowest BCUT2D eigenvalue weighted by molar-refractivity contribution is 0.475. The second-order valence-electron chi connectivity index (χ2n) is 13.8. The number of H-pyrrole nitrogens is 1. The van der Waals surface area contributed by atoms with Crippen molar-refractivity contribution in [3.8, 4) is 33.8 Å². The lowest BCUT2D eigenvalue weighted by atomic mass is 10.1. The summed E-state index contributed by atoms with van der Waals surface area (Å²) in [6, 6.07) is 41.2. The first-order chi connectivity index (χ1) is 28.8. The van der Waals surface area contributed by atoms with Crippen molar-refractivity contribution in [1.29, 1.82) is 0 Å². The van der Waals surface area contributed by atoms with Crippen molar-refractivity contribution in [3.63, 3.8) is 0 Å². The Balaban J connectivity index is 0.000000185. The van der Waals surface area contributed by atoms with Gasteiger partial charge in [-0.05, 0) is 120 Å². The number of nitrogens with zero attached hydrogens (tertiary/aromatic N) is 3. The molecule has 0 saturated heterocycles. The van der Waals surface area contributed by atoms with Crippen LogP contribution in [0.3, 0.4) is 0 Å². The first-order valence-corrected chi connectivity index (χ1v) is 23.2. The summed E-state index contributed by atoms with van der Waals surface area (Å²) in [4.78, 5) is 14.8. The Morgan fingerprint density at radius 2 is 1.28 bits per heavy atom. The fourth-order valence-corrected chi connectivity index (χ4v) is 10.4. The van der Waals surface area contributed by atoms with Gasteiger partial charge in [0.1, 0.15) is 22.0 Å². The van der Waals surface area contributed by atoms with Crippen LogP contribution in [0.15, 0.2) is 184 Å². The zero-order valence-corrected chi connectivity index (χ0v) is 36.6. The summed E-state index contributed by atoms with van der Waals surface area (Å²) in [6.07, 6.45) is 6.92. The van der Waals surface area contributed by atoms with Gasteiger partial charge < -0.3 is 14.3 Å². The van der Waals surface area contributed by atoms with E-state index in [4.69, 9.17) is 4.18 Å². The van der Waals surface area contributed by atoms with Gasteiger partial charge in [0.2, 0.25) is 0 Å². The SMILES string of the molecule is Cc1ccc(S(=O)(=O)Oc2cccc(-c3cnc4c(c3)c(I)cn4S(=O)(=O)c3ccc(C)cc3)c2)cc1.Oc1cccc(-c2cnc3[nH]cc(Sc4ccccc4)c3c2)c1. The normalized spacial score (nSPS) is 11.7. The largest absolute Gasteiger partial charge is 0.508 e. The van der Waals surface area contributed by atoms with E-state index in [0.717, 1.165) is 38.2 Å². The summed E-state index contributed by atoms with van der Waals surface area (Å²) in [7, 11) is -7.83. The van der Waals surface area contributed by atoms with Gasteiger partial charge in [-0.1, -0.05) is 89.6 Å². The number of phenolic OH excluding ortho intramolecular Hbond substituents is 1. The number of aromatic nitrogens is 4. The van der Waals surface area contributed by atoms with Crippen LogP contribution in [0.4, 0.5) is 0 Å². The minimum absolute atomic E-state index is 0.0669. The van der Waals surface area contributed by atoms with Gasteiger partial charge in [-0.2, -0.15) is 8.42 Å². The number of aryl methyl sites for hydroxylation is 2. The predicted molar refractivity (Wildman–Crippen MR) is 244 cm³/mol. The van der Waals surface area contributed by atoms with Crippen molar-refractivity contribution in [3.05, 3.63) is 179 Å². The van der Waals surface area contributed by atoms with Gasteiger partial charge in [0, 0.05) is 60.0 Å². The molecule has 0 radical (unpaired) electrons. The highest BCUT2D eigenvalue weighted by atomic mass is 127. The molecule has 0 atom stereocenters. The molecule has 0 aliphatic rings. The van der Waals surface area contributed by atoms with E-state index in [1.165, 1.54) is 21.0 Å². The Kier molecular flexibility index (Phi) is 11.5. The number of hydrogen-bond donors (Lipinski definition) is 2. The van der Waals surface area contributed by atoms with Crippen LogP contribution in [0.25, 0.3) is 44.3 Å². The number of hydrogen-bond acceptors (Lipinski definition) is 9. The third kappa shape index (κ3) is 8.82. The molecule has 9 rings (SSSR count). The van der Waals surface area contributed by atoms with Crippen LogP contribution in [0, 0.1) is 17.4 Å². The van der Waals surface area contributed by atoms with Gasteiger partial charge in [-0.25, -0.2) is 22.4 Å². The molecule has 4 heterocycles. The molecule has 300 valence electrons. The lowest BCUT2D eigenvalue weighted by Gasteiger charge is -2.10. The number of pyridine rings is 2. The molecule has 0 spiro atoms. The number of nitrogens with one attached hydrogen (secondary N) is 1. The van der Waals surface area contributed by atoms with Gasteiger partial charge in [-0.15, -0.1) is 0 Å². The van der Waals surface area contributed by atoms with Crippen LogP contribution in [-0.4, -0.2) is 40.9 Å². The van der Waals surface area contributed by atoms with E-state index in [0.29, 0.717) is 25.7 Å². The summed E-state index contributed by atoms with van der Waals surface area (Å²) >= 11 is 3.79. The molecule has 10 nitrogen and oxygen atoms in total. The maximum atomic E-state index is 13.3. The van der Waals surface area contributed by atoms with Gasteiger partial charge in [-0.3, -0.25) is 0 Å². The maximum absolute atomic E-state index is 13.3. The number of benzene rings is 5. The quantitative estimate of drug-likeness (QED) is 0.107. The average molecular weight is 963 g/mol. The Morgan fingerprint density at radius 3 is 1.97 bits per heavy atom. The van der Waals surface area contributed by atoms with Crippen molar-refractivity contribution in [2.75, 3.05) is 0 Å². The molecule has 0 aliphatic heterocycles. The molecule has 9 aromatic rings. The van der Waals surface area contributed by atoms with E-state index in [9.17, 15) is 21.9 Å². The van der Waals surface area contributed by atoms with Crippen molar-refractivity contribution in [2.45, 2.75) is 33.4 Å². The summed E-state index contributed by atoms with van der Waals surface area (Å²) in [6.45, 7) is 3.77. The molecular formula is C46H35IN4O6S3. The topological polar surface area (TPSA) is 144 Å². The number of fused-ring (bicyclic) bond motifs is 2. The van der Waals surface area contributed by atoms with Crippen LogP contribution in [-0.2, 0) is 20.1 Å². The zero-order chi connectivity index (χ0) is 42.0.